The molecule has 1 aliphatic heterocycles. The molecule has 0 saturated carbocycles. The number of amides is 2. The number of ether oxygens (including phenoxy) is 1. The van der Waals surface area contributed by atoms with Crippen molar-refractivity contribution in [3.8, 4) is 5.75 Å². The number of aryl methyl sites for hydroxylation is 1. The van der Waals surface area contributed by atoms with Crippen LogP contribution in [-0.4, -0.2) is 40.5 Å². The average Bonchev–Trinajstić information content (AvgIpc) is 3.14. The molecule has 0 bridgehead atoms. The Morgan fingerprint density at radius 3 is 2.79 bits per heavy atom. The first kappa shape index (κ1) is 16.0. The van der Waals surface area contributed by atoms with Crippen molar-refractivity contribution >= 4 is 17.8 Å². The average molecular weight is 330 g/mol. The fourth-order valence-corrected chi connectivity index (χ4v) is 2.61. The second kappa shape index (κ2) is 6.69. The maximum absolute atomic E-state index is 12.2. The summed E-state index contributed by atoms with van der Waals surface area (Å²) in [4.78, 5) is 30.0. The molecule has 8 heteroatoms. The molecule has 1 fully saturated rings. The van der Waals surface area contributed by atoms with Crippen molar-refractivity contribution < 1.29 is 18.8 Å². The minimum Gasteiger partial charge on any atom is -0.497 e. The molecule has 1 aliphatic rings. The van der Waals surface area contributed by atoms with E-state index >= 15 is 0 Å². The van der Waals surface area contributed by atoms with Crippen molar-refractivity contribution in [1.82, 2.24) is 15.0 Å². The van der Waals surface area contributed by atoms with Gasteiger partial charge >= 0.3 is 6.01 Å². The van der Waals surface area contributed by atoms with E-state index in [1.54, 1.807) is 18.9 Å². The van der Waals surface area contributed by atoms with Gasteiger partial charge in [-0.3, -0.25) is 14.9 Å². The highest BCUT2D eigenvalue weighted by atomic mass is 16.5. The molecule has 2 heterocycles. The highest BCUT2D eigenvalue weighted by Crippen LogP contribution is 2.22. The third-order valence-electron chi connectivity index (χ3n) is 3.88. The van der Waals surface area contributed by atoms with Crippen LogP contribution in [-0.2, 0) is 16.1 Å². The van der Waals surface area contributed by atoms with Crippen molar-refractivity contribution in [2.24, 2.45) is 5.92 Å². The number of carbonyl (C=O) groups excluding carboxylic acids is 2. The number of likely N-dealkylation sites (tertiary alicyclic amines) is 1. The molecule has 1 aromatic heterocycles. The zero-order valence-electron chi connectivity index (χ0n) is 13.5. The van der Waals surface area contributed by atoms with E-state index in [0.717, 1.165) is 11.3 Å². The summed E-state index contributed by atoms with van der Waals surface area (Å²) in [5, 5.41) is 6.16. The summed E-state index contributed by atoms with van der Waals surface area (Å²) < 4.78 is 9.98. The van der Waals surface area contributed by atoms with Crippen molar-refractivity contribution in [2.75, 3.05) is 19.0 Å². The lowest BCUT2D eigenvalue weighted by Crippen LogP contribution is -2.28. The maximum atomic E-state index is 12.2. The van der Waals surface area contributed by atoms with Crippen molar-refractivity contribution in [1.29, 1.82) is 0 Å². The Kier molecular flexibility index (Phi) is 4.45. The van der Waals surface area contributed by atoms with Gasteiger partial charge in [-0.2, -0.15) is 4.98 Å². The SMILES string of the molecule is COc1ccc(CN2C[C@@H](C(=O)Nc3nc(C)no3)CC2=O)cc1. The van der Waals surface area contributed by atoms with Crippen LogP contribution in [0.4, 0.5) is 6.01 Å². The van der Waals surface area contributed by atoms with Crippen LogP contribution in [0, 0.1) is 12.8 Å². The highest BCUT2D eigenvalue weighted by molar-refractivity contribution is 5.95. The zero-order chi connectivity index (χ0) is 17.1. The van der Waals surface area contributed by atoms with Crippen LogP contribution in [0.25, 0.3) is 0 Å². The van der Waals surface area contributed by atoms with Crippen molar-refractivity contribution in [3.05, 3.63) is 35.7 Å². The number of methoxy groups -OCH3 is 1. The van der Waals surface area contributed by atoms with Gasteiger partial charge < -0.3 is 14.2 Å². The van der Waals surface area contributed by atoms with E-state index in [9.17, 15) is 9.59 Å². The van der Waals surface area contributed by atoms with E-state index in [0.29, 0.717) is 18.9 Å². The van der Waals surface area contributed by atoms with Gasteiger partial charge in [0.2, 0.25) is 11.8 Å². The summed E-state index contributed by atoms with van der Waals surface area (Å²) >= 11 is 0. The van der Waals surface area contributed by atoms with Crippen molar-refractivity contribution in [2.45, 2.75) is 19.9 Å². The molecular formula is C16H18N4O4. The number of hydrogen-bond donors (Lipinski definition) is 1. The molecule has 0 radical (unpaired) electrons. The van der Waals surface area contributed by atoms with Crippen LogP contribution in [0.3, 0.4) is 0 Å². The Balaban J connectivity index is 1.59. The Labute approximate surface area is 138 Å². The number of carbonyl (C=O) groups is 2. The first-order valence-electron chi connectivity index (χ1n) is 7.57. The quantitative estimate of drug-likeness (QED) is 0.889. The fraction of sp³-hybridized carbons (Fsp3) is 0.375. The topological polar surface area (TPSA) is 97.6 Å². The molecule has 1 N–H and O–H groups in total. The summed E-state index contributed by atoms with van der Waals surface area (Å²) in [6.07, 6.45) is 0.176. The number of benzene rings is 1. The van der Waals surface area contributed by atoms with Crippen LogP contribution < -0.4 is 10.1 Å². The summed E-state index contributed by atoms with van der Waals surface area (Å²) in [6.45, 7) is 2.49. The van der Waals surface area contributed by atoms with Gasteiger partial charge in [-0.1, -0.05) is 17.3 Å². The molecule has 1 atom stereocenters. The predicted octanol–water partition coefficient (Wildman–Crippen LogP) is 1.37. The number of anilines is 1. The van der Waals surface area contributed by atoms with Gasteiger partial charge in [0.1, 0.15) is 5.75 Å². The van der Waals surface area contributed by atoms with E-state index in [-0.39, 0.29) is 24.2 Å². The third kappa shape index (κ3) is 3.53. The molecule has 24 heavy (non-hydrogen) atoms. The van der Waals surface area contributed by atoms with Gasteiger partial charge in [-0.05, 0) is 24.6 Å². The molecule has 2 amide bonds. The largest absolute Gasteiger partial charge is 0.497 e. The lowest BCUT2D eigenvalue weighted by molar-refractivity contribution is -0.128. The standard InChI is InChI=1S/C16H18N4O4/c1-10-17-16(24-19-10)18-15(22)12-7-14(21)20(9-12)8-11-3-5-13(23-2)6-4-11/h3-6,12H,7-9H2,1-2H3,(H,17,18,19,22)/t12-/m0/s1. The summed E-state index contributed by atoms with van der Waals surface area (Å²) in [5.41, 5.74) is 0.984. The van der Waals surface area contributed by atoms with Crippen LogP contribution >= 0.6 is 0 Å². The second-order valence-electron chi connectivity index (χ2n) is 5.66. The molecular weight excluding hydrogens is 312 g/mol. The smallest absolute Gasteiger partial charge is 0.328 e. The molecule has 3 rings (SSSR count). The van der Waals surface area contributed by atoms with E-state index in [2.05, 4.69) is 15.5 Å². The molecule has 8 nitrogen and oxygen atoms in total. The molecule has 0 unspecified atom stereocenters. The molecule has 1 aromatic carbocycles. The van der Waals surface area contributed by atoms with Crippen LogP contribution in [0.15, 0.2) is 28.8 Å². The van der Waals surface area contributed by atoms with Crippen molar-refractivity contribution in [3.63, 3.8) is 0 Å². The van der Waals surface area contributed by atoms with Crippen LogP contribution in [0.2, 0.25) is 0 Å². The Hall–Kier alpha value is -2.90. The van der Waals surface area contributed by atoms with Gasteiger partial charge in [-0.25, -0.2) is 0 Å². The first-order valence-corrected chi connectivity index (χ1v) is 7.57. The number of aromatic nitrogens is 2. The Morgan fingerprint density at radius 1 is 1.42 bits per heavy atom. The van der Waals surface area contributed by atoms with Gasteiger partial charge in [0, 0.05) is 19.5 Å². The van der Waals surface area contributed by atoms with E-state index in [4.69, 9.17) is 9.26 Å². The number of rotatable bonds is 5. The third-order valence-corrected chi connectivity index (χ3v) is 3.88. The van der Waals surface area contributed by atoms with Gasteiger partial charge in [0.05, 0.1) is 13.0 Å². The minimum absolute atomic E-state index is 0.0484. The fourth-order valence-electron chi connectivity index (χ4n) is 2.61. The predicted molar refractivity (Wildman–Crippen MR) is 84.2 cm³/mol. The molecule has 0 spiro atoms. The second-order valence-corrected chi connectivity index (χ2v) is 5.66. The first-order chi connectivity index (χ1) is 11.5. The summed E-state index contributed by atoms with van der Waals surface area (Å²) in [7, 11) is 1.60. The number of nitrogens with zero attached hydrogens (tertiary/aromatic N) is 3. The molecule has 126 valence electrons. The van der Waals surface area contributed by atoms with Crippen LogP contribution in [0.1, 0.15) is 17.8 Å². The normalized spacial score (nSPS) is 17.2. The Bertz CT molecular complexity index is 741. The lowest BCUT2D eigenvalue weighted by Gasteiger charge is -2.16. The van der Waals surface area contributed by atoms with E-state index in [1.165, 1.54) is 0 Å². The monoisotopic (exact) mass is 330 g/mol. The summed E-state index contributed by atoms with van der Waals surface area (Å²) in [5.74, 6) is 0.437. The molecule has 0 aliphatic carbocycles. The lowest BCUT2D eigenvalue weighted by atomic mass is 10.1. The minimum atomic E-state index is -0.428. The highest BCUT2D eigenvalue weighted by Gasteiger charge is 2.34. The van der Waals surface area contributed by atoms with Gasteiger partial charge in [-0.15, -0.1) is 0 Å². The number of hydrogen-bond acceptors (Lipinski definition) is 6. The number of nitrogens with one attached hydrogen (secondary N) is 1. The molecule has 1 saturated heterocycles. The van der Waals surface area contributed by atoms with Gasteiger partial charge in [0.15, 0.2) is 5.82 Å². The maximum Gasteiger partial charge on any atom is 0.328 e. The molecule has 2 aromatic rings. The van der Waals surface area contributed by atoms with Crippen LogP contribution in [0.5, 0.6) is 5.75 Å². The van der Waals surface area contributed by atoms with E-state index < -0.39 is 5.92 Å². The zero-order valence-corrected chi connectivity index (χ0v) is 13.5. The van der Waals surface area contributed by atoms with E-state index in [1.807, 2.05) is 24.3 Å². The van der Waals surface area contributed by atoms with Gasteiger partial charge in [0.25, 0.3) is 0 Å². The summed E-state index contributed by atoms with van der Waals surface area (Å²) in [6, 6.07) is 7.55. The Morgan fingerprint density at radius 2 is 2.17 bits per heavy atom.